The molecule has 4 heteroatoms. The summed E-state index contributed by atoms with van der Waals surface area (Å²) in [5.41, 5.74) is 0.368. The highest BCUT2D eigenvalue weighted by Gasteiger charge is 2.15. The van der Waals surface area contributed by atoms with E-state index in [9.17, 15) is 4.79 Å². The molecule has 0 amide bonds. The van der Waals surface area contributed by atoms with Gasteiger partial charge in [-0.15, -0.1) is 0 Å². The summed E-state index contributed by atoms with van der Waals surface area (Å²) < 4.78 is 5.50. The first-order valence-corrected chi connectivity index (χ1v) is 4.71. The zero-order valence-electron chi connectivity index (χ0n) is 9.15. The van der Waals surface area contributed by atoms with Crippen LogP contribution >= 0.6 is 0 Å². The van der Waals surface area contributed by atoms with Crippen LogP contribution in [-0.4, -0.2) is 21.7 Å². The van der Waals surface area contributed by atoms with Crippen molar-refractivity contribution < 1.29 is 14.6 Å². The molecule has 0 aliphatic rings. The van der Waals surface area contributed by atoms with Crippen molar-refractivity contribution in [2.24, 2.45) is 0 Å². The molecule has 0 fully saturated rings. The molecule has 0 radical (unpaired) electrons. The van der Waals surface area contributed by atoms with Gasteiger partial charge >= 0.3 is 5.97 Å². The monoisotopic (exact) mass is 209 g/mol. The second-order valence-corrected chi connectivity index (χ2v) is 4.22. The zero-order chi connectivity index (χ0) is 11.5. The van der Waals surface area contributed by atoms with E-state index in [0.717, 1.165) is 0 Å². The van der Waals surface area contributed by atoms with Crippen molar-refractivity contribution in [1.82, 2.24) is 4.98 Å². The molecule has 0 aliphatic carbocycles. The highest BCUT2D eigenvalue weighted by molar-refractivity contribution is 5.86. The van der Waals surface area contributed by atoms with Gasteiger partial charge in [-0.1, -0.05) is 6.07 Å². The van der Waals surface area contributed by atoms with E-state index in [2.05, 4.69) is 4.98 Å². The van der Waals surface area contributed by atoms with Crippen LogP contribution in [0.5, 0.6) is 0 Å². The van der Waals surface area contributed by atoms with E-state index < -0.39 is 5.97 Å². The second kappa shape index (κ2) is 4.40. The van der Waals surface area contributed by atoms with Crippen LogP contribution in [0.2, 0.25) is 0 Å². The van der Waals surface area contributed by atoms with Crippen LogP contribution < -0.4 is 0 Å². The van der Waals surface area contributed by atoms with Gasteiger partial charge in [-0.25, -0.2) is 9.78 Å². The molecular formula is C11H15NO3. The molecule has 1 aromatic rings. The van der Waals surface area contributed by atoms with Crippen LogP contribution in [-0.2, 0) is 11.3 Å². The van der Waals surface area contributed by atoms with Crippen LogP contribution in [0.4, 0.5) is 0 Å². The fraction of sp³-hybridized carbons (Fsp3) is 0.455. The summed E-state index contributed by atoms with van der Waals surface area (Å²) in [6.07, 6.45) is 1.46. The van der Waals surface area contributed by atoms with E-state index >= 15 is 0 Å². The van der Waals surface area contributed by atoms with Crippen molar-refractivity contribution in [3.05, 3.63) is 29.6 Å². The van der Waals surface area contributed by atoms with Crippen LogP contribution in [0.25, 0.3) is 0 Å². The molecule has 1 rings (SSSR count). The van der Waals surface area contributed by atoms with Gasteiger partial charge in [0.05, 0.1) is 12.2 Å². The van der Waals surface area contributed by atoms with E-state index in [1.165, 1.54) is 6.20 Å². The molecule has 0 spiro atoms. The van der Waals surface area contributed by atoms with Gasteiger partial charge in [0.2, 0.25) is 0 Å². The molecule has 82 valence electrons. The first-order chi connectivity index (χ1) is 6.90. The summed E-state index contributed by atoms with van der Waals surface area (Å²) in [6, 6.07) is 3.41. The third kappa shape index (κ3) is 3.67. The summed E-state index contributed by atoms with van der Waals surface area (Å²) in [7, 11) is 0. The van der Waals surface area contributed by atoms with E-state index in [4.69, 9.17) is 9.84 Å². The van der Waals surface area contributed by atoms with Gasteiger partial charge < -0.3 is 9.84 Å². The van der Waals surface area contributed by atoms with Gasteiger partial charge in [0, 0.05) is 11.8 Å². The average Bonchev–Trinajstić information content (AvgIpc) is 2.14. The molecule has 0 atom stereocenters. The lowest BCUT2D eigenvalue weighted by Gasteiger charge is -2.19. The topological polar surface area (TPSA) is 59.4 Å². The minimum Gasteiger partial charge on any atom is -0.477 e. The second-order valence-electron chi connectivity index (χ2n) is 4.22. The summed E-state index contributed by atoms with van der Waals surface area (Å²) in [4.78, 5) is 14.6. The molecule has 15 heavy (non-hydrogen) atoms. The summed E-state index contributed by atoms with van der Waals surface area (Å²) >= 11 is 0. The first-order valence-electron chi connectivity index (χ1n) is 4.71. The Bertz CT molecular complexity index is 355. The zero-order valence-corrected chi connectivity index (χ0v) is 9.15. The van der Waals surface area contributed by atoms with E-state index in [0.29, 0.717) is 5.56 Å². The summed E-state index contributed by atoms with van der Waals surface area (Å²) in [5, 5.41) is 8.88. The number of pyridine rings is 1. The fourth-order valence-corrected chi connectivity index (χ4v) is 1.04. The van der Waals surface area contributed by atoms with Crippen LogP contribution in [0.3, 0.4) is 0 Å². The van der Waals surface area contributed by atoms with Gasteiger partial charge in [-0.2, -0.15) is 0 Å². The number of carboxylic acids is 1. The Kier molecular flexibility index (Phi) is 3.42. The Morgan fingerprint density at radius 1 is 1.53 bits per heavy atom. The molecule has 0 saturated carbocycles. The number of carboxylic acid groups (broad SMARTS) is 1. The number of rotatable bonds is 3. The lowest BCUT2D eigenvalue weighted by Crippen LogP contribution is -2.19. The molecule has 1 aromatic heterocycles. The van der Waals surface area contributed by atoms with Crippen molar-refractivity contribution in [3.8, 4) is 0 Å². The van der Waals surface area contributed by atoms with Crippen molar-refractivity contribution in [3.63, 3.8) is 0 Å². The fourth-order valence-electron chi connectivity index (χ4n) is 1.04. The number of carbonyl (C=O) groups is 1. The molecule has 0 bridgehead atoms. The smallest absolute Gasteiger partial charge is 0.354 e. The molecular weight excluding hydrogens is 194 g/mol. The van der Waals surface area contributed by atoms with Crippen molar-refractivity contribution >= 4 is 5.97 Å². The largest absolute Gasteiger partial charge is 0.477 e. The number of nitrogens with zero attached hydrogens (tertiary/aromatic N) is 1. The highest BCUT2D eigenvalue weighted by Crippen LogP contribution is 2.13. The molecule has 0 unspecified atom stereocenters. The van der Waals surface area contributed by atoms with E-state index in [-0.39, 0.29) is 17.9 Å². The van der Waals surface area contributed by atoms with E-state index in [1.807, 2.05) is 20.8 Å². The lowest BCUT2D eigenvalue weighted by atomic mass is 10.1. The van der Waals surface area contributed by atoms with Crippen LogP contribution in [0, 0.1) is 0 Å². The summed E-state index contributed by atoms with van der Waals surface area (Å²) in [6.45, 7) is 6.02. The minimum absolute atomic E-state index is 0.0572. The number of hydrogen-bond acceptors (Lipinski definition) is 3. The van der Waals surface area contributed by atoms with Gasteiger partial charge in [0.25, 0.3) is 0 Å². The van der Waals surface area contributed by atoms with Gasteiger partial charge in [-0.05, 0) is 26.8 Å². The van der Waals surface area contributed by atoms with Gasteiger partial charge in [-0.3, -0.25) is 0 Å². The Balaban J connectivity index is 2.81. The molecule has 1 N–H and O–H groups in total. The molecule has 0 saturated heterocycles. The third-order valence-electron chi connectivity index (χ3n) is 1.75. The highest BCUT2D eigenvalue weighted by atomic mass is 16.5. The van der Waals surface area contributed by atoms with Crippen molar-refractivity contribution in [2.45, 2.75) is 33.0 Å². The Morgan fingerprint density at radius 2 is 2.20 bits per heavy atom. The number of ether oxygens (including phenoxy) is 1. The predicted molar refractivity (Wildman–Crippen MR) is 55.7 cm³/mol. The van der Waals surface area contributed by atoms with Crippen molar-refractivity contribution in [1.29, 1.82) is 0 Å². The minimum atomic E-state index is -1.02. The maximum absolute atomic E-state index is 10.8. The maximum Gasteiger partial charge on any atom is 0.354 e. The SMILES string of the molecule is CC(C)(C)OCc1cccnc1C(=O)O. The molecule has 0 aromatic carbocycles. The maximum atomic E-state index is 10.8. The Labute approximate surface area is 88.9 Å². The van der Waals surface area contributed by atoms with Crippen molar-refractivity contribution in [2.75, 3.05) is 0 Å². The molecule has 1 heterocycles. The lowest BCUT2D eigenvalue weighted by molar-refractivity contribution is -0.0155. The van der Waals surface area contributed by atoms with Gasteiger partial charge in [0.15, 0.2) is 5.69 Å². The first kappa shape index (κ1) is 11.7. The standard InChI is InChI=1S/C11H15NO3/c1-11(2,3)15-7-8-5-4-6-12-9(8)10(13)14/h4-6H,7H2,1-3H3,(H,13,14). The van der Waals surface area contributed by atoms with Crippen LogP contribution in [0.15, 0.2) is 18.3 Å². The normalized spacial score (nSPS) is 11.4. The average molecular weight is 209 g/mol. The quantitative estimate of drug-likeness (QED) is 0.828. The number of hydrogen-bond donors (Lipinski definition) is 1. The van der Waals surface area contributed by atoms with E-state index in [1.54, 1.807) is 12.1 Å². The predicted octanol–water partition coefficient (Wildman–Crippen LogP) is 2.09. The Morgan fingerprint density at radius 3 is 2.73 bits per heavy atom. The number of aromatic carboxylic acids is 1. The Hall–Kier alpha value is -1.42. The molecule has 0 aliphatic heterocycles. The van der Waals surface area contributed by atoms with Crippen LogP contribution in [0.1, 0.15) is 36.8 Å². The molecule has 4 nitrogen and oxygen atoms in total. The third-order valence-corrected chi connectivity index (χ3v) is 1.75. The van der Waals surface area contributed by atoms with Gasteiger partial charge in [0.1, 0.15) is 0 Å². The summed E-state index contributed by atoms with van der Waals surface area (Å²) in [5.74, 6) is -1.02. The number of aromatic nitrogens is 1.